The highest BCUT2D eigenvalue weighted by molar-refractivity contribution is 5.22. The zero-order valence-corrected chi connectivity index (χ0v) is 13.5. The molecule has 2 aromatic heterocycles. The summed E-state index contributed by atoms with van der Waals surface area (Å²) in [7, 11) is 2.19. The molecule has 5 heteroatoms. The maximum atomic E-state index is 5.66. The monoisotopic (exact) mass is 300 g/mol. The second-order valence-corrected chi connectivity index (χ2v) is 6.62. The van der Waals surface area contributed by atoms with Crippen molar-refractivity contribution in [2.24, 2.45) is 7.05 Å². The molecule has 22 heavy (non-hydrogen) atoms. The van der Waals surface area contributed by atoms with Crippen molar-refractivity contribution in [3.63, 3.8) is 0 Å². The van der Waals surface area contributed by atoms with Crippen molar-refractivity contribution in [1.82, 2.24) is 19.4 Å². The van der Waals surface area contributed by atoms with Gasteiger partial charge in [-0.2, -0.15) is 0 Å². The van der Waals surface area contributed by atoms with E-state index in [2.05, 4.69) is 21.5 Å². The van der Waals surface area contributed by atoms with Crippen LogP contribution in [0.4, 0.5) is 0 Å². The summed E-state index contributed by atoms with van der Waals surface area (Å²) in [5.41, 5.74) is 2.79. The molecule has 1 atom stereocenters. The van der Waals surface area contributed by atoms with Crippen LogP contribution in [-0.2, 0) is 26.4 Å². The molecule has 0 aromatic carbocycles. The van der Waals surface area contributed by atoms with Gasteiger partial charge in [0.15, 0.2) is 0 Å². The van der Waals surface area contributed by atoms with Gasteiger partial charge >= 0.3 is 0 Å². The highest BCUT2D eigenvalue weighted by Crippen LogP contribution is 2.34. The molecule has 5 nitrogen and oxygen atoms in total. The number of hydrogen-bond donors (Lipinski definition) is 0. The van der Waals surface area contributed by atoms with E-state index in [0.717, 1.165) is 31.2 Å². The molecule has 4 rings (SSSR count). The Morgan fingerprint density at radius 3 is 2.91 bits per heavy atom. The Hall–Kier alpha value is -1.62. The van der Waals surface area contributed by atoms with Gasteiger partial charge in [0, 0.05) is 12.7 Å². The van der Waals surface area contributed by atoms with Gasteiger partial charge < -0.3 is 8.98 Å². The fourth-order valence-electron chi connectivity index (χ4n) is 3.96. The van der Waals surface area contributed by atoms with Gasteiger partial charge in [-0.05, 0) is 52.0 Å². The van der Waals surface area contributed by atoms with Crippen LogP contribution in [0.1, 0.15) is 60.6 Å². The highest BCUT2D eigenvalue weighted by atomic mass is 16.4. The Labute approximate surface area is 131 Å². The van der Waals surface area contributed by atoms with Gasteiger partial charge in [0.25, 0.3) is 0 Å². The number of nitrogens with zero attached hydrogens (tertiary/aromatic N) is 4. The quantitative estimate of drug-likeness (QED) is 0.874. The molecule has 0 N–H and O–H groups in total. The fraction of sp³-hybridized carbons (Fsp3) is 0.647. The molecule has 0 saturated carbocycles. The van der Waals surface area contributed by atoms with Gasteiger partial charge in [-0.15, -0.1) is 0 Å². The molecule has 0 amide bonds. The van der Waals surface area contributed by atoms with E-state index in [-0.39, 0.29) is 0 Å². The molecule has 0 radical (unpaired) electrons. The van der Waals surface area contributed by atoms with Crippen LogP contribution >= 0.6 is 0 Å². The lowest BCUT2D eigenvalue weighted by molar-refractivity contribution is 0.212. The minimum Gasteiger partial charge on any atom is -0.445 e. The van der Waals surface area contributed by atoms with E-state index in [1.807, 2.05) is 6.92 Å². The van der Waals surface area contributed by atoms with Gasteiger partial charge in [-0.25, -0.2) is 9.97 Å². The summed E-state index contributed by atoms with van der Waals surface area (Å²) in [5.74, 6) is 2.95. The first-order chi connectivity index (χ1) is 10.7. The summed E-state index contributed by atoms with van der Waals surface area (Å²) in [4.78, 5) is 11.8. The number of hydrogen-bond acceptors (Lipinski definition) is 4. The normalized spacial score (nSPS) is 22.2. The van der Waals surface area contributed by atoms with Crippen LogP contribution < -0.4 is 0 Å². The third-order valence-electron chi connectivity index (χ3n) is 5.08. The van der Waals surface area contributed by atoms with Gasteiger partial charge in [0.05, 0.1) is 24.5 Å². The molecule has 2 aliphatic rings. The Balaban J connectivity index is 1.59. The first-order valence-corrected chi connectivity index (χ1v) is 8.42. The number of likely N-dealkylation sites (tertiary alicyclic amines) is 1. The molecular formula is C17H24N4O. The SMILES string of the molecule is Cc1cnc(CN2CCCC2c2nc3c(n2C)CCCC3)o1. The molecule has 1 fully saturated rings. The topological polar surface area (TPSA) is 47.1 Å². The lowest BCUT2D eigenvalue weighted by Gasteiger charge is -2.23. The van der Waals surface area contributed by atoms with Crippen molar-refractivity contribution >= 4 is 0 Å². The zero-order chi connectivity index (χ0) is 15.1. The van der Waals surface area contributed by atoms with Crippen LogP contribution in [0, 0.1) is 6.92 Å². The largest absolute Gasteiger partial charge is 0.445 e. The minimum absolute atomic E-state index is 0.405. The summed E-state index contributed by atoms with van der Waals surface area (Å²) in [6, 6.07) is 0.405. The van der Waals surface area contributed by atoms with Gasteiger partial charge in [0.1, 0.15) is 11.6 Å². The van der Waals surface area contributed by atoms with Gasteiger partial charge in [0.2, 0.25) is 5.89 Å². The second kappa shape index (κ2) is 5.54. The third kappa shape index (κ3) is 2.37. The van der Waals surface area contributed by atoms with Crippen LogP contribution in [0.5, 0.6) is 0 Å². The Morgan fingerprint density at radius 2 is 2.14 bits per heavy atom. The standard InChI is InChI=1S/C17H24N4O/c1-12-10-18-16(22-12)11-21-9-5-8-15(21)17-19-13-6-3-4-7-14(13)20(17)2/h10,15H,3-9,11H2,1-2H3. The highest BCUT2D eigenvalue weighted by Gasteiger charge is 2.32. The molecular weight excluding hydrogens is 276 g/mol. The first kappa shape index (κ1) is 14.0. The molecule has 1 unspecified atom stereocenters. The van der Waals surface area contributed by atoms with Crippen LogP contribution in [-0.4, -0.2) is 26.0 Å². The third-order valence-corrected chi connectivity index (χ3v) is 5.08. The van der Waals surface area contributed by atoms with Crippen LogP contribution in [0.3, 0.4) is 0 Å². The number of fused-ring (bicyclic) bond motifs is 1. The number of oxazole rings is 1. The van der Waals surface area contributed by atoms with E-state index in [9.17, 15) is 0 Å². The average molecular weight is 300 g/mol. The van der Waals surface area contributed by atoms with E-state index in [1.165, 1.54) is 49.3 Å². The molecule has 1 aliphatic carbocycles. The summed E-state index contributed by atoms with van der Waals surface area (Å²) in [6.07, 6.45) is 9.13. The maximum absolute atomic E-state index is 5.66. The molecule has 3 heterocycles. The summed E-state index contributed by atoms with van der Waals surface area (Å²) in [5, 5.41) is 0. The van der Waals surface area contributed by atoms with Gasteiger partial charge in [-0.3, -0.25) is 4.90 Å². The summed E-state index contributed by atoms with van der Waals surface area (Å²) >= 11 is 0. The zero-order valence-electron chi connectivity index (χ0n) is 13.5. The second-order valence-electron chi connectivity index (χ2n) is 6.62. The van der Waals surface area contributed by atoms with Crippen molar-refractivity contribution in [3.05, 3.63) is 35.1 Å². The first-order valence-electron chi connectivity index (χ1n) is 8.42. The van der Waals surface area contributed by atoms with Crippen molar-refractivity contribution in [2.75, 3.05) is 6.54 Å². The molecule has 0 spiro atoms. The Morgan fingerprint density at radius 1 is 1.27 bits per heavy atom. The van der Waals surface area contributed by atoms with E-state index >= 15 is 0 Å². The smallest absolute Gasteiger partial charge is 0.208 e. The van der Waals surface area contributed by atoms with Crippen LogP contribution in [0.2, 0.25) is 0 Å². The van der Waals surface area contributed by atoms with Crippen molar-refractivity contribution in [1.29, 1.82) is 0 Å². The summed E-state index contributed by atoms with van der Waals surface area (Å²) in [6.45, 7) is 3.84. The summed E-state index contributed by atoms with van der Waals surface area (Å²) < 4.78 is 8.02. The minimum atomic E-state index is 0.405. The van der Waals surface area contributed by atoms with Crippen molar-refractivity contribution in [3.8, 4) is 0 Å². The Kier molecular flexibility index (Phi) is 3.53. The average Bonchev–Trinajstić information content (AvgIpc) is 3.21. The fourth-order valence-corrected chi connectivity index (χ4v) is 3.96. The van der Waals surface area contributed by atoms with E-state index in [0.29, 0.717) is 6.04 Å². The number of aryl methyl sites for hydroxylation is 2. The lowest BCUT2D eigenvalue weighted by Crippen LogP contribution is -2.25. The maximum Gasteiger partial charge on any atom is 0.208 e. The number of aromatic nitrogens is 3. The number of rotatable bonds is 3. The number of imidazole rings is 1. The predicted molar refractivity (Wildman–Crippen MR) is 83.5 cm³/mol. The molecule has 2 aromatic rings. The Bertz CT molecular complexity index is 672. The van der Waals surface area contributed by atoms with Crippen molar-refractivity contribution < 1.29 is 4.42 Å². The molecule has 1 saturated heterocycles. The van der Waals surface area contributed by atoms with E-state index in [1.54, 1.807) is 6.20 Å². The lowest BCUT2D eigenvalue weighted by atomic mass is 10.0. The van der Waals surface area contributed by atoms with Crippen LogP contribution in [0.25, 0.3) is 0 Å². The van der Waals surface area contributed by atoms with E-state index < -0.39 is 0 Å². The molecule has 118 valence electrons. The van der Waals surface area contributed by atoms with Gasteiger partial charge in [-0.1, -0.05) is 0 Å². The van der Waals surface area contributed by atoms with Crippen LogP contribution in [0.15, 0.2) is 10.6 Å². The predicted octanol–water partition coefficient (Wildman–Crippen LogP) is 2.93. The van der Waals surface area contributed by atoms with Crippen molar-refractivity contribution in [2.45, 2.75) is 58.0 Å². The molecule has 1 aliphatic heterocycles. The van der Waals surface area contributed by atoms with E-state index in [4.69, 9.17) is 9.40 Å². The molecule has 0 bridgehead atoms.